The normalized spacial score (nSPS) is 11.4. The number of H-pyrrole nitrogens is 2. The van der Waals surface area contributed by atoms with Gasteiger partial charge in [-0.25, -0.2) is 29.9 Å². The molecule has 197 valence electrons. The minimum absolute atomic E-state index is 0. The van der Waals surface area contributed by atoms with Crippen molar-refractivity contribution in [2.45, 2.75) is 0 Å². The molecule has 2 N–H and O–H groups in total. The largest absolute Gasteiger partial charge is 0.324 e. The summed E-state index contributed by atoms with van der Waals surface area (Å²) in [5.74, 6) is 2.39. The van der Waals surface area contributed by atoms with Gasteiger partial charge in [-0.15, -0.1) is 0 Å². The molecular weight excluding hydrogens is 562 g/mol. The van der Waals surface area contributed by atoms with E-state index in [-0.39, 0.29) is 35.6 Å². The Bertz CT molecular complexity index is 2040. The van der Waals surface area contributed by atoms with Crippen LogP contribution < -0.4 is 0 Å². The van der Waals surface area contributed by atoms with Gasteiger partial charge < -0.3 is 9.97 Å². The molecule has 0 atom stereocenters. The van der Waals surface area contributed by atoms with Crippen molar-refractivity contribution in [1.82, 2.24) is 39.9 Å². The molecule has 1 radical (unpaired) electrons. The van der Waals surface area contributed by atoms with Gasteiger partial charge in [-0.2, -0.15) is 0 Å². The average Bonchev–Trinajstić information content (AvgIpc) is 3.73. The van der Waals surface area contributed by atoms with Crippen LogP contribution in [0.3, 0.4) is 0 Å². The summed E-state index contributed by atoms with van der Waals surface area (Å²) in [6.45, 7) is 0. The molecule has 0 amide bonds. The number of hydrogen-bond donors (Lipinski definition) is 2. The Balaban J connectivity index is 0.00000144. The van der Waals surface area contributed by atoms with Crippen LogP contribution >= 0.6 is 0 Å². The Morgan fingerprint density at radius 2 is 0.571 bits per heavy atom. The second kappa shape index (κ2) is 10.0. The number of nitrogens with zero attached hydrogens (tertiary/aromatic N) is 6. The van der Waals surface area contributed by atoms with Gasteiger partial charge in [0.2, 0.25) is 0 Å². The molecule has 0 saturated carbocycles. The average molecular weight is 581 g/mol. The second-order valence-electron chi connectivity index (χ2n) is 9.79. The zero-order valence-corrected chi connectivity index (χ0v) is 22.3. The van der Waals surface area contributed by atoms with Crippen LogP contribution in [0.5, 0.6) is 0 Å². The van der Waals surface area contributed by atoms with Crippen LogP contribution in [-0.2, 0) is 16.8 Å². The fourth-order valence-electron chi connectivity index (χ4n) is 5.59. The zero-order valence-electron chi connectivity index (χ0n) is 21.3. The molecule has 10 heteroatoms. The predicted molar refractivity (Wildman–Crippen MR) is 163 cm³/mol. The predicted octanol–water partition coefficient (Wildman–Crippen LogP) is 6.22. The summed E-state index contributed by atoms with van der Waals surface area (Å²) in [6, 6.07) is 32.2. The van der Waals surface area contributed by atoms with E-state index in [1.165, 1.54) is 0 Å². The number of benzene rings is 4. The summed E-state index contributed by atoms with van der Waals surface area (Å²) < 4.78 is 0. The fraction of sp³-hybridized carbons (Fsp3) is 0. The van der Waals surface area contributed by atoms with Gasteiger partial charge in [-0.3, -0.25) is 0 Å². The van der Waals surface area contributed by atoms with Crippen molar-refractivity contribution < 1.29 is 16.8 Å². The number of fused-ring (bicyclic) bond motifs is 20. The van der Waals surface area contributed by atoms with E-state index in [9.17, 15) is 0 Å². The maximum absolute atomic E-state index is 5.02. The summed E-state index contributed by atoms with van der Waals surface area (Å²) in [7, 11) is 0. The van der Waals surface area contributed by atoms with E-state index in [2.05, 4.69) is 9.97 Å². The molecule has 8 nitrogen and oxygen atoms in total. The number of rotatable bonds is 0. The van der Waals surface area contributed by atoms with Crippen molar-refractivity contribution in [3.05, 3.63) is 97.1 Å². The van der Waals surface area contributed by atoms with Crippen molar-refractivity contribution in [2.75, 3.05) is 0 Å². The molecule has 42 heavy (non-hydrogen) atoms. The molecule has 3 aromatic heterocycles. The van der Waals surface area contributed by atoms with E-state index in [1.54, 1.807) is 0 Å². The van der Waals surface area contributed by atoms with Crippen LogP contribution in [0.25, 0.3) is 89.7 Å². The topological polar surface area (TPSA) is 109 Å². The molecule has 0 unspecified atom stereocenters. The van der Waals surface area contributed by atoms with Gasteiger partial charge in [0.1, 0.15) is 22.6 Å². The van der Waals surface area contributed by atoms with E-state index >= 15 is 0 Å². The molecule has 8 bridgehead atoms. The van der Waals surface area contributed by atoms with Crippen molar-refractivity contribution in [2.24, 2.45) is 0 Å². The molecule has 0 spiro atoms. The zero-order chi connectivity index (χ0) is 26.2. The van der Waals surface area contributed by atoms with E-state index in [1.807, 2.05) is 97.1 Å². The molecule has 0 aliphatic carbocycles. The third-order valence-corrected chi connectivity index (χ3v) is 7.46. The molecular formula is C32H19CoLiN8. The van der Waals surface area contributed by atoms with E-state index < -0.39 is 0 Å². The molecule has 0 fully saturated rings. The summed E-state index contributed by atoms with van der Waals surface area (Å²) in [6.07, 6.45) is 0. The Hall–Kier alpha value is -4.66. The third-order valence-electron chi connectivity index (χ3n) is 7.46. The summed E-state index contributed by atoms with van der Waals surface area (Å²) in [5.41, 5.74) is 6.45. The standard InChI is InChI=1S/C32H18N8.Co.Li.H/c1-2-10-18-17(9-1)25-33-26(18)38-28-21-13-5-6-14-22(21)30(35-28)40-32-24-16-8-7-15-23(24)31(36-32)39-29-20-12-4-3-11-19(20)27(34-29)37-25;;;/h1-16H,(H2,33,34,35,36,37,38,39,40);;;. The third kappa shape index (κ3) is 3.90. The summed E-state index contributed by atoms with van der Waals surface area (Å²) in [5, 5.41) is 3.82. The van der Waals surface area contributed by atoms with Crippen molar-refractivity contribution in [1.29, 1.82) is 0 Å². The minimum atomic E-state index is 0. The van der Waals surface area contributed by atoms with Crippen LogP contribution in [0.2, 0.25) is 0 Å². The molecule has 9 rings (SSSR count). The maximum Gasteiger partial charge on any atom is 0.164 e. The fourth-order valence-corrected chi connectivity index (χ4v) is 5.59. The smallest absolute Gasteiger partial charge is 0.164 e. The molecule has 4 aromatic carbocycles. The van der Waals surface area contributed by atoms with Crippen molar-refractivity contribution in [3.63, 3.8) is 0 Å². The van der Waals surface area contributed by atoms with Gasteiger partial charge >= 0.3 is 18.9 Å². The van der Waals surface area contributed by atoms with E-state index in [0.717, 1.165) is 43.8 Å². The number of aromatic amines is 2. The van der Waals surface area contributed by atoms with Crippen LogP contribution in [-0.4, -0.2) is 58.7 Å². The summed E-state index contributed by atoms with van der Waals surface area (Å²) >= 11 is 0. The molecule has 0 saturated heterocycles. The number of aromatic nitrogens is 8. The Kier molecular flexibility index (Phi) is 6.26. The number of hydrogen-bond acceptors (Lipinski definition) is 6. The van der Waals surface area contributed by atoms with Gasteiger partial charge in [0.05, 0.1) is 0 Å². The second-order valence-corrected chi connectivity index (χ2v) is 9.79. The summed E-state index contributed by atoms with van der Waals surface area (Å²) in [4.78, 5) is 36.8. The molecule has 2 aliphatic heterocycles. The maximum atomic E-state index is 5.02. The quantitative estimate of drug-likeness (QED) is 0.206. The van der Waals surface area contributed by atoms with Crippen LogP contribution in [0.4, 0.5) is 0 Å². The van der Waals surface area contributed by atoms with Crippen LogP contribution in [0, 0.1) is 0 Å². The van der Waals surface area contributed by atoms with Gasteiger partial charge in [-0.05, 0) is 0 Å². The van der Waals surface area contributed by atoms with Crippen molar-refractivity contribution in [3.8, 4) is 45.6 Å². The van der Waals surface area contributed by atoms with Gasteiger partial charge in [0.15, 0.2) is 23.3 Å². The van der Waals surface area contributed by atoms with E-state index in [4.69, 9.17) is 29.9 Å². The first-order valence-corrected chi connectivity index (χ1v) is 13.0. The first kappa shape index (κ1) is 26.3. The Labute approximate surface area is 261 Å². The van der Waals surface area contributed by atoms with Gasteiger partial charge in [0, 0.05) is 60.6 Å². The molecule has 5 heterocycles. The molecule has 7 aromatic rings. The van der Waals surface area contributed by atoms with Crippen molar-refractivity contribution >= 4 is 63.0 Å². The first-order valence-electron chi connectivity index (χ1n) is 13.0. The van der Waals surface area contributed by atoms with Gasteiger partial charge in [-0.1, -0.05) is 97.1 Å². The Morgan fingerprint density at radius 3 is 0.833 bits per heavy atom. The van der Waals surface area contributed by atoms with E-state index in [0.29, 0.717) is 45.9 Å². The van der Waals surface area contributed by atoms with Gasteiger partial charge in [0.25, 0.3) is 0 Å². The SMILES string of the molecule is [Co].[LiH].c1ccc2c(c1)-c1nc-2nc2[nH]c(nc3nc(nc4[nH]c(n1)c1ccccc41)-c1ccccc1-3)c1ccccc21. The molecule has 2 aliphatic rings. The minimum Gasteiger partial charge on any atom is -0.324 e. The Morgan fingerprint density at radius 1 is 0.333 bits per heavy atom. The van der Waals surface area contributed by atoms with Crippen LogP contribution in [0.1, 0.15) is 0 Å². The number of nitrogens with one attached hydrogen (secondary N) is 2. The monoisotopic (exact) mass is 581 g/mol. The van der Waals surface area contributed by atoms with Crippen LogP contribution in [0.15, 0.2) is 97.1 Å². The first-order chi connectivity index (χ1) is 19.8.